The molecule has 12 N–H and O–H groups in total. The topological polar surface area (TPSA) is 199 Å². The zero-order valence-corrected chi connectivity index (χ0v) is 27.5. The van der Waals surface area contributed by atoms with E-state index in [0.717, 1.165) is 27.9 Å². The Bertz CT molecular complexity index is 1820. The molecular formula is C42H39N3O6. The van der Waals surface area contributed by atoms with Gasteiger partial charge in [-0.25, -0.2) is 0 Å². The van der Waals surface area contributed by atoms with E-state index in [0.29, 0.717) is 22.5 Å². The Labute approximate surface area is 296 Å². The second-order valence-corrected chi connectivity index (χ2v) is 11.3. The highest BCUT2D eigenvalue weighted by atomic mass is 16.3. The lowest BCUT2D eigenvalue weighted by atomic mass is 10.1. The SMILES string of the molecule is Nc1ccc(/C=C\c2cc(N)cc(N)c2)cc1.Oc1ccc(/C=C/c2cc(O)cc(O)c2)cc1.Oc1ccc(/C=C\c2cc(O)cc(O)c2)cc1. The van der Waals surface area contributed by atoms with Gasteiger partial charge in [-0.1, -0.05) is 72.9 Å². The summed E-state index contributed by atoms with van der Waals surface area (Å²) in [5, 5.41) is 55.5. The van der Waals surface area contributed by atoms with Gasteiger partial charge in [-0.05, 0) is 112 Å². The molecule has 0 amide bonds. The highest BCUT2D eigenvalue weighted by Crippen LogP contribution is 2.24. The molecule has 6 rings (SSSR count). The fraction of sp³-hybridized carbons (Fsp3) is 0. The quantitative estimate of drug-likeness (QED) is 0.0610. The van der Waals surface area contributed by atoms with Crippen molar-refractivity contribution >= 4 is 53.5 Å². The van der Waals surface area contributed by atoms with Crippen molar-refractivity contribution in [1.82, 2.24) is 0 Å². The molecule has 0 aliphatic rings. The van der Waals surface area contributed by atoms with E-state index < -0.39 is 0 Å². The number of benzene rings is 6. The van der Waals surface area contributed by atoms with Crippen LogP contribution >= 0.6 is 0 Å². The molecule has 6 aromatic rings. The van der Waals surface area contributed by atoms with E-state index in [-0.39, 0.29) is 34.5 Å². The number of aromatic hydroxyl groups is 6. The van der Waals surface area contributed by atoms with Crippen LogP contribution in [0.25, 0.3) is 36.5 Å². The van der Waals surface area contributed by atoms with E-state index in [4.69, 9.17) is 27.4 Å². The predicted octanol–water partition coefficient (Wildman–Crippen LogP) is 8.55. The van der Waals surface area contributed by atoms with Gasteiger partial charge in [-0.2, -0.15) is 0 Å². The summed E-state index contributed by atoms with van der Waals surface area (Å²) < 4.78 is 0. The van der Waals surface area contributed by atoms with Gasteiger partial charge < -0.3 is 47.8 Å². The zero-order chi connectivity index (χ0) is 36.8. The first kappa shape index (κ1) is 36.6. The number of hydrogen-bond acceptors (Lipinski definition) is 9. The lowest BCUT2D eigenvalue weighted by Gasteiger charge is -2.00. The molecule has 51 heavy (non-hydrogen) atoms. The van der Waals surface area contributed by atoms with Crippen LogP contribution in [0.4, 0.5) is 17.1 Å². The van der Waals surface area contributed by atoms with Crippen molar-refractivity contribution in [3.8, 4) is 34.5 Å². The van der Waals surface area contributed by atoms with Gasteiger partial charge in [0.25, 0.3) is 0 Å². The lowest BCUT2D eigenvalue weighted by molar-refractivity contribution is 0.449. The molecule has 0 spiro atoms. The molecule has 0 atom stereocenters. The monoisotopic (exact) mass is 681 g/mol. The van der Waals surface area contributed by atoms with Crippen LogP contribution < -0.4 is 17.2 Å². The Balaban J connectivity index is 0.000000172. The summed E-state index contributed by atoms with van der Waals surface area (Å²) in [6, 6.07) is 35.4. The van der Waals surface area contributed by atoms with E-state index >= 15 is 0 Å². The number of anilines is 3. The van der Waals surface area contributed by atoms with Crippen molar-refractivity contribution < 1.29 is 30.6 Å². The largest absolute Gasteiger partial charge is 0.508 e. The van der Waals surface area contributed by atoms with Gasteiger partial charge in [0, 0.05) is 29.2 Å². The number of phenolic OH excluding ortho intramolecular Hbond substituents is 6. The molecule has 9 heteroatoms. The van der Waals surface area contributed by atoms with Gasteiger partial charge >= 0.3 is 0 Å². The summed E-state index contributed by atoms with van der Waals surface area (Å²) in [5.41, 5.74) is 24.5. The van der Waals surface area contributed by atoms with Crippen molar-refractivity contribution in [3.05, 3.63) is 161 Å². The smallest absolute Gasteiger partial charge is 0.119 e. The molecule has 0 aromatic heterocycles. The van der Waals surface area contributed by atoms with Gasteiger partial charge in [0.1, 0.15) is 34.5 Å². The van der Waals surface area contributed by atoms with Crippen molar-refractivity contribution in [1.29, 1.82) is 0 Å². The number of nitrogen functional groups attached to an aromatic ring is 3. The normalized spacial score (nSPS) is 10.8. The van der Waals surface area contributed by atoms with Crippen molar-refractivity contribution in [3.63, 3.8) is 0 Å². The van der Waals surface area contributed by atoms with E-state index in [1.165, 1.54) is 12.1 Å². The average molecular weight is 682 g/mol. The van der Waals surface area contributed by atoms with Gasteiger partial charge in [0.15, 0.2) is 0 Å². The van der Waals surface area contributed by atoms with E-state index in [2.05, 4.69) is 0 Å². The molecule has 0 aliphatic carbocycles. The first-order valence-corrected chi connectivity index (χ1v) is 15.6. The minimum atomic E-state index is 0.0235. The molecule has 0 heterocycles. The van der Waals surface area contributed by atoms with Crippen LogP contribution in [-0.4, -0.2) is 30.6 Å². The molecule has 9 nitrogen and oxygen atoms in total. The Morgan fingerprint density at radius 2 is 0.529 bits per heavy atom. The minimum absolute atomic E-state index is 0.0235. The third-order valence-corrected chi connectivity index (χ3v) is 6.98. The minimum Gasteiger partial charge on any atom is -0.508 e. The van der Waals surface area contributed by atoms with E-state index in [1.807, 2.05) is 60.7 Å². The average Bonchev–Trinajstić information content (AvgIpc) is 3.07. The van der Waals surface area contributed by atoms with Crippen molar-refractivity contribution in [2.45, 2.75) is 0 Å². The maximum Gasteiger partial charge on any atom is 0.119 e. The molecule has 0 unspecified atom stereocenters. The molecule has 0 radical (unpaired) electrons. The fourth-order valence-electron chi connectivity index (χ4n) is 4.58. The van der Waals surface area contributed by atoms with Gasteiger partial charge in [-0.15, -0.1) is 0 Å². The van der Waals surface area contributed by atoms with Crippen LogP contribution in [0.3, 0.4) is 0 Å². The van der Waals surface area contributed by atoms with Crippen LogP contribution in [0.5, 0.6) is 34.5 Å². The molecular weight excluding hydrogens is 642 g/mol. The number of hydrogen-bond donors (Lipinski definition) is 9. The summed E-state index contributed by atoms with van der Waals surface area (Å²) >= 11 is 0. The third-order valence-electron chi connectivity index (χ3n) is 6.98. The summed E-state index contributed by atoms with van der Waals surface area (Å²) in [7, 11) is 0. The van der Waals surface area contributed by atoms with Crippen LogP contribution in [0.1, 0.15) is 33.4 Å². The van der Waals surface area contributed by atoms with Crippen molar-refractivity contribution in [2.24, 2.45) is 0 Å². The second kappa shape index (κ2) is 17.8. The Kier molecular flexibility index (Phi) is 12.7. The second-order valence-electron chi connectivity index (χ2n) is 11.3. The third kappa shape index (κ3) is 13.0. The maximum atomic E-state index is 9.30. The lowest BCUT2D eigenvalue weighted by Crippen LogP contribution is -1.90. The molecule has 0 saturated carbocycles. The van der Waals surface area contributed by atoms with Gasteiger partial charge in [-0.3, -0.25) is 0 Å². The molecule has 0 aliphatic heterocycles. The van der Waals surface area contributed by atoms with Crippen molar-refractivity contribution in [2.75, 3.05) is 17.2 Å². The van der Waals surface area contributed by atoms with Crippen LogP contribution in [-0.2, 0) is 0 Å². The molecule has 258 valence electrons. The Hall–Kier alpha value is -7.26. The number of phenols is 6. The van der Waals surface area contributed by atoms with Crippen LogP contribution in [0, 0.1) is 0 Å². The number of rotatable bonds is 6. The Morgan fingerprint density at radius 3 is 0.863 bits per heavy atom. The summed E-state index contributed by atoms with van der Waals surface area (Å²) in [4.78, 5) is 0. The summed E-state index contributed by atoms with van der Waals surface area (Å²) in [5.74, 6) is 0.533. The zero-order valence-electron chi connectivity index (χ0n) is 27.5. The van der Waals surface area contributed by atoms with E-state index in [9.17, 15) is 20.4 Å². The highest BCUT2D eigenvalue weighted by molar-refractivity contribution is 5.74. The summed E-state index contributed by atoms with van der Waals surface area (Å²) in [6.07, 6.45) is 11.2. The molecule has 6 aromatic carbocycles. The Morgan fingerprint density at radius 1 is 0.255 bits per heavy atom. The molecule has 0 saturated heterocycles. The van der Waals surface area contributed by atoms with Crippen LogP contribution in [0.15, 0.2) is 127 Å². The first-order valence-electron chi connectivity index (χ1n) is 15.6. The van der Waals surface area contributed by atoms with Crippen LogP contribution in [0.2, 0.25) is 0 Å². The standard InChI is InChI=1S/C14H15N3.2C14H12O3/c3*15-12-5-3-10(4-6-12)1-2-11-7-13(16)9-14(17)8-11/h1-9H,15-17H2;2*1-9,15-17H/b2-1-;2-1+;2-1-. The molecule has 0 fully saturated rings. The van der Waals surface area contributed by atoms with Gasteiger partial charge in [0.2, 0.25) is 0 Å². The maximum absolute atomic E-state index is 9.30. The van der Waals surface area contributed by atoms with E-state index in [1.54, 1.807) is 91.0 Å². The predicted molar refractivity (Wildman–Crippen MR) is 209 cm³/mol. The fourth-order valence-corrected chi connectivity index (χ4v) is 4.58. The van der Waals surface area contributed by atoms with Gasteiger partial charge in [0.05, 0.1) is 0 Å². The summed E-state index contributed by atoms with van der Waals surface area (Å²) in [6.45, 7) is 0. The number of nitrogens with two attached hydrogens (primary N) is 3. The molecule has 0 bridgehead atoms. The highest BCUT2D eigenvalue weighted by Gasteiger charge is 1.98. The first-order chi connectivity index (χ1) is 24.4.